The normalized spacial score (nSPS) is 10.5. The summed E-state index contributed by atoms with van der Waals surface area (Å²) in [4.78, 5) is -0.0666. The van der Waals surface area contributed by atoms with Crippen molar-refractivity contribution in [2.75, 3.05) is 0 Å². The lowest BCUT2D eigenvalue weighted by Crippen LogP contribution is -2.31. The fourth-order valence-corrected chi connectivity index (χ4v) is 1.69. The molecule has 4 nitrogen and oxygen atoms in total. The Bertz CT molecular complexity index is 618. The Hall–Kier alpha value is -1.79. The molecule has 0 atom stereocenters. The SMILES string of the molecule is C[n+]1ccccc1F.Cc1ccc(S(=O)(=O)O)cc1. The van der Waals surface area contributed by atoms with Crippen molar-refractivity contribution in [2.24, 2.45) is 7.05 Å². The molecule has 0 aliphatic heterocycles. The molecule has 0 radical (unpaired) electrons. The highest BCUT2D eigenvalue weighted by molar-refractivity contribution is 7.85. The lowest BCUT2D eigenvalue weighted by atomic mass is 10.2. The first-order valence-electron chi connectivity index (χ1n) is 5.45. The zero-order chi connectivity index (χ0) is 14.5. The van der Waals surface area contributed by atoms with Crippen LogP contribution in [0.4, 0.5) is 4.39 Å². The van der Waals surface area contributed by atoms with Gasteiger partial charge in [-0.25, -0.2) is 0 Å². The van der Waals surface area contributed by atoms with Crippen LogP contribution in [0, 0.1) is 12.9 Å². The molecule has 2 rings (SSSR count). The average molecular weight is 284 g/mol. The van der Waals surface area contributed by atoms with Gasteiger partial charge in [0.05, 0.1) is 4.90 Å². The Balaban J connectivity index is 0.000000200. The number of hydrogen-bond acceptors (Lipinski definition) is 2. The van der Waals surface area contributed by atoms with Crippen molar-refractivity contribution in [1.82, 2.24) is 0 Å². The highest BCUT2D eigenvalue weighted by Gasteiger charge is 2.06. The molecule has 1 aromatic heterocycles. The molecule has 0 spiro atoms. The summed E-state index contributed by atoms with van der Waals surface area (Å²) in [7, 11) is -2.36. The third-order valence-corrected chi connectivity index (χ3v) is 3.18. The average Bonchev–Trinajstić information content (AvgIpc) is 2.33. The van der Waals surface area contributed by atoms with E-state index >= 15 is 0 Å². The highest BCUT2D eigenvalue weighted by Crippen LogP contribution is 2.08. The zero-order valence-electron chi connectivity index (χ0n) is 10.6. The molecule has 0 aliphatic carbocycles. The Morgan fingerprint density at radius 2 is 1.68 bits per heavy atom. The van der Waals surface area contributed by atoms with Gasteiger partial charge in [-0.1, -0.05) is 17.7 Å². The maximum Gasteiger partial charge on any atom is 0.359 e. The molecule has 1 aromatic carbocycles. The van der Waals surface area contributed by atoms with Crippen molar-refractivity contribution >= 4 is 10.1 Å². The summed E-state index contributed by atoms with van der Waals surface area (Å²) in [5, 5.41) is 0. The zero-order valence-corrected chi connectivity index (χ0v) is 11.4. The van der Waals surface area contributed by atoms with Crippen molar-refractivity contribution < 1.29 is 21.9 Å². The van der Waals surface area contributed by atoms with Crippen molar-refractivity contribution in [3.8, 4) is 0 Å². The molecule has 2 aromatic rings. The lowest BCUT2D eigenvalue weighted by molar-refractivity contribution is -0.700. The van der Waals surface area contributed by atoms with E-state index in [0.29, 0.717) is 0 Å². The maximum atomic E-state index is 12.3. The van der Waals surface area contributed by atoms with E-state index in [1.54, 1.807) is 37.5 Å². The standard InChI is InChI=1S/C7H8O3S.C6H7FN/c1-6-2-4-7(5-3-6)11(8,9)10;1-8-5-3-2-4-6(8)7/h2-5H,1H3,(H,8,9,10);2-5H,1H3/q;+1. The number of aromatic nitrogens is 1. The van der Waals surface area contributed by atoms with Crippen LogP contribution in [0.2, 0.25) is 0 Å². The second kappa shape index (κ2) is 6.40. The van der Waals surface area contributed by atoms with Gasteiger partial charge in [0.15, 0.2) is 6.20 Å². The molecule has 6 heteroatoms. The van der Waals surface area contributed by atoms with Gasteiger partial charge in [-0.05, 0) is 25.1 Å². The number of nitrogens with zero attached hydrogens (tertiary/aromatic N) is 1. The second-order valence-corrected chi connectivity index (χ2v) is 5.34. The first-order chi connectivity index (χ1) is 8.80. The molecule has 0 unspecified atom stereocenters. The van der Waals surface area contributed by atoms with Crippen LogP contribution in [0.5, 0.6) is 0 Å². The summed E-state index contributed by atoms with van der Waals surface area (Å²) in [5.74, 6) is -0.215. The van der Waals surface area contributed by atoms with Gasteiger partial charge >= 0.3 is 5.95 Å². The van der Waals surface area contributed by atoms with Crippen molar-refractivity contribution in [2.45, 2.75) is 11.8 Å². The van der Waals surface area contributed by atoms with Crippen LogP contribution < -0.4 is 4.57 Å². The van der Waals surface area contributed by atoms with E-state index in [1.165, 1.54) is 22.8 Å². The molecule has 0 saturated carbocycles. The van der Waals surface area contributed by atoms with E-state index in [4.69, 9.17) is 4.55 Å². The van der Waals surface area contributed by atoms with Gasteiger partial charge in [0, 0.05) is 12.1 Å². The summed E-state index contributed by atoms with van der Waals surface area (Å²) in [6, 6.07) is 10.8. The van der Waals surface area contributed by atoms with E-state index in [9.17, 15) is 12.8 Å². The monoisotopic (exact) mass is 284 g/mol. The van der Waals surface area contributed by atoms with Crippen LogP contribution in [0.1, 0.15) is 5.56 Å². The van der Waals surface area contributed by atoms with Gasteiger partial charge in [-0.15, -0.1) is 4.39 Å². The van der Waals surface area contributed by atoms with E-state index in [0.717, 1.165) is 5.56 Å². The molecule has 0 fully saturated rings. The summed E-state index contributed by atoms with van der Waals surface area (Å²) in [6.45, 7) is 1.84. The second-order valence-electron chi connectivity index (χ2n) is 3.92. The molecule has 102 valence electrons. The Labute approximate surface area is 111 Å². The molecule has 1 heterocycles. The Kier molecular flexibility index (Phi) is 5.14. The predicted molar refractivity (Wildman–Crippen MR) is 68.6 cm³/mol. The first-order valence-corrected chi connectivity index (χ1v) is 6.89. The molecule has 1 N–H and O–H groups in total. The molecule has 0 aliphatic rings. The van der Waals surface area contributed by atoms with Crippen LogP contribution in [-0.2, 0) is 17.2 Å². The summed E-state index contributed by atoms with van der Waals surface area (Å²) < 4.78 is 43.2. The first kappa shape index (κ1) is 15.3. The van der Waals surface area contributed by atoms with Gasteiger partial charge in [-0.3, -0.25) is 4.55 Å². The molecule has 19 heavy (non-hydrogen) atoms. The molecule has 0 amide bonds. The minimum Gasteiger partial charge on any atom is -0.282 e. The van der Waals surface area contributed by atoms with E-state index < -0.39 is 10.1 Å². The summed E-state index contributed by atoms with van der Waals surface area (Å²) in [5.41, 5.74) is 0.956. The number of hydrogen-bond donors (Lipinski definition) is 1. The molecule has 0 bridgehead atoms. The van der Waals surface area contributed by atoms with Crippen LogP contribution in [-0.4, -0.2) is 13.0 Å². The Morgan fingerprint density at radius 3 is 2.05 bits per heavy atom. The quantitative estimate of drug-likeness (QED) is 0.494. The van der Waals surface area contributed by atoms with Crippen LogP contribution in [0.15, 0.2) is 53.6 Å². The number of aryl methyl sites for hydroxylation is 2. The van der Waals surface area contributed by atoms with Gasteiger partial charge in [0.2, 0.25) is 0 Å². The van der Waals surface area contributed by atoms with Gasteiger partial charge < -0.3 is 0 Å². The fraction of sp³-hybridized carbons (Fsp3) is 0.154. The molecular formula is C13H15FNO3S+. The maximum absolute atomic E-state index is 12.3. The van der Waals surface area contributed by atoms with Crippen molar-refractivity contribution in [1.29, 1.82) is 0 Å². The topological polar surface area (TPSA) is 58.2 Å². The van der Waals surface area contributed by atoms with Gasteiger partial charge in [0.1, 0.15) is 7.05 Å². The number of pyridine rings is 1. The molecule has 0 saturated heterocycles. The van der Waals surface area contributed by atoms with E-state index in [1.807, 2.05) is 6.92 Å². The summed E-state index contributed by atoms with van der Waals surface area (Å²) in [6.07, 6.45) is 1.66. The number of halogens is 1. The number of benzene rings is 1. The predicted octanol–water partition coefficient (Wildman–Crippen LogP) is 1.89. The smallest absolute Gasteiger partial charge is 0.282 e. The summed E-state index contributed by atoms with van der Waals surface area (Å²) >= 11 is 0. The number of rotatable bonds is 1. The highest BCUT2D eigenvalue weighted by atomic mass is 32.2. The van der Waals surface area contributed by atoms with Crippen LogP contribution in [0.25, 0.3) is 0 Å². The molecular weight excluding hydrogens is 269 g/mol. The minimum atomic E-state index is -4.02. The van der Waals surface area contributed by atoms with Crippen molar-refractivity contribution in [3.63, 3.8) is 0 Å². The third kappa shape index (κ3) is 5.15. The third-order valence-electron chi connectivity index (χ3n) is 2.31. The van der Waals surface area contributed by atoms with E-state index in [2.05, 4.69) is 0 Å². The van der Waals surface area contributed by atoms with Gasteiger partial charge in [-0.2, -0.15) is 13.0 Å². The van der Waals surface area contributed by atoms with Crippen LogP contribution in [0.3, 0.4) is 0 Å². The lowest BCUT2D eigenvalue weighted by Gasteiger charge is -1.95. The Morgan fingerprint density at radius 1 is 1.11 bits per heavy atom. The van der Waals surface area contributed by atoms with Gasteiger partial charge in [0.25, 0.3) is 10.1 Å². The largest absolute Gasteiger partial charge is 0.359 e. The van der Waals surface area contributed by atoms with Crippen molar-refractivity contribution in [3.05, 3.63) is 60.2 Å². The fourth-order valence-electron chi connectivity index (χ4n) is 1.21. The minimum absolute atomic E-state index is 0.0666. The van der Waals surface area contributed by atoms with E-state index in [-0.39, 0.29) is 10.8 Å². The van der Waals surface area contributed by atoms with Crippen LogP contribution >= 0.6 is 0 Å².